The number of hydrogen-bond donors (Lipinski definition) is 1. The van der Waals surface area contributed by atoms with Gasteiger partial charge in [-0.1, -0.05) is 29.4 Å². The average Bonchev–Trinajstić information content (AvgIpc) is 2.34. The molecule has 0 aliphatic heterocycles. The summed E-state index contributed by atoms with van der Waals surface area (Å²) in [7, 11) is 1.92. The third-order valence-electron chi connectivity index (χ3n) is 2.15. The van der Waals surface area contributed by atoms with E-state index < -0.39 is 0 Å². The highest BCUT2D eigenvalue weighted by Gasteiger charge is 2.05. The molecular weight excluding hydrogens is 254 g/mol. The van der Waals surface area contributed by atoms with Gasteiger partial charge in [0, 0.05) is 28.9 Å². The smallest absolute Gasteiger partial charge is 0.119 e. The van der Waals surface area contributed by atoms with Crippen LogP contribution >= 0.6 is 23.4 Å². The maximum atomic E-state index is 6.01. The molecule has 0 unspecified atom stereocenters. The van der Waals surface area contributed by atoms with E-state index >= 15 is 0 Å². The monoisotopic (exact) mass is 265 g/mol. The minimum Gasteiger partial charge on any atom is -0.316 e. The van der Waals surface area contributed by atoms with Gasteiger partial charge in [0.25, 0.3) is 0 Å². The highest BCUT2D eigenvalue weighted by molar-refractivity contribution is 7.99. The summed E-state index contributed by atoms with van der Waals surface area (Å²) in [6.45, 7) is 0.805. The van der Waals surface area contributed by atoms with Crippen molar-refractivity contribution in [1.82, 2.24) is 15.3 Å². The Morgan fingerprint density at radius 3 is 2.94 bits per heavy atom. The van der Waals surface area contributed by atoms with Crippen LogP contribution in [0, 0.1) is 0 Å². The van der Waals surface area contributed by atoms with Gasteiger partial charge in [-0.25, -0.2) is 4.98 Å². The fraction of sp³-hybridized carbons (Fsp3) is 0.167. The molecule has 1 N–H and O–H groups in total. The Morgan fingerprint density at radius 2 is 2.24 bits per heavy atom. The molecule has 0 aliphatic rings. The van der Waals surface area contributed by atoms with E-state index in [9.17, 15) is 0 Å². The van der Waals surface area contributed by atoms with E-state index in [4.69, 9.17) is 11.6 Å². The number of benzene rings is 1. The zero-order chi connectivity index (χ0) is 12.1. The van der Waals surface area contributed by atoms with Gasteiger partial charge in [0.05, 0.1) is 6.20 Å². The number of aromatic nitrogens is 2. The second-order valence-electron chi connectivity index (χ2n) is 3.43. The van der Waals surface area contributed by atoms with Crippen LogP contribution < -0.4 is 5.32 Å². The lowest BCUT2D eigenvalue weighted by Gasteiger charge is -2.08. The summed E-state index contributed by atoms with van der Waals surface area (Å²) < 4.78 is 0. The Bertz CT molecular complexity index is 490. The highest BCUT2D eigenvalue weighted by Crippen LogP contribution is 2.30. The summed E-state index contributed by atoms with van der Waals surface area (Å²) in [6.07, 6.45) is 5.09. The normalized spacial score (nSPS) is 10.5. The van der Waals surface area contributed by atoms with E-state index in [1.165, 1.54) is 5.56 Å². The zero-order valence-corrected chi connectivity index (χ0v) is 10.9. The van der Waals surface area contributed by atoms with Gasteiger partial charge < -0.3 is 5.32 Å². The topological polar surface area (TPSA) is 37.8 Å². The number of rotatable bonds is 4. The van der Waals surface area contributed by atoms with Crippen LogP contribution in [0.5, 0.6) is 0 Å². The van der Waals surface area contributed by atoms with Crippen LogP contribution in [0.15, 0.2) is 46.7 Å². The van der Waals surface area contributed by atoms with Crippen molar-refractivity contribution >= 4 is 23.4 Å². The Morgan fingerprint density at radius 1 is 1.35 bits per heavy atom. The SMILES string of the molecule is CNCc1ccc(Cl)cc1Sc1cnccn1. The molecule has 0 radical (unpaired) electrons. The molecule has 0 aliphatic carbocycles. The molecular formula is C12H12ClN3S. The number of nitrogens with one attached hydrogen (secondary N) is 1. The van der Waals surface area contributed by atoms with E-state index in [1.54, 1.807) is 30.4 Å². The van der Waals surface area contributed by atoms with Gasteiger partial charge in [-0.3, -0.25) is 4.98 Å². The molecule has 1 aromatic carbocycles. The molecule has 0 fully saturated rings. The summed E-state index contributed by atoms with van der Waals surface area (Å²) in [6, 6.07) is 5.88. The van der Waals surface area contributed by atoms with Crippen LogP contribution in [0.25, 0.3) is 0 Å². The summed E-state index contributed by atoms with van der Waals surface area (Å²) in [5.74, 6) is 0. The van der Waals surface area contributed by atoms with Crippen molar-refractivity contribution < 1.29 is 0 Å². The third-order valence-corrected chi connectivity index (χ3v) is 3.41. The van der Waals surface area contributed by atoms with Crippen molar-refractivity contribution in [3.05, 3.63) is 47.4 Å². The molecule has 1 aromatic heterocycles. The highest BCUT2D eigenvalue weighted by atomic mass is 35.5. The van der Waals surface area contributed by atoms with Crippen LogP contribution in [0.4, 0.5) is 0 Å². The Labute approximate surface area is 110 Å². The van der Waals surface area contributed by atoms with E-state index in [1.807, 2.05) is 25.2 Å². The molecule has 1 heterocycles. The molecule has 17 heavy (non-hydrogen) atoms. The number of hydrogen-bond acceptors (Lipinski definition) is 4. The lowest BCUT2D eigenvalue weighted by atomic mass is 10.2. The van der Waals surface area contributed by atoms with Crippen molar-refractivity contribution in [1.29, 1.82) is 0 Å². The quantitative estimate of drug-likeness (QED) is 0.922. The van der Waals surface area contributed by atoms with E-state index in [2.05, 4.69) is 15.3 Å². The molecule has 2 rings (SSSR count). The van der Waals surface area contributed by atoms with Crippen LogP contribution in [-0.2, 0) is 6.54 Å². The molecule has 2 aromatic rings. The fourth-order valence-electron chi connectivity index (χ4n) is 1.41. The predicted molar refractivity (Wildman–Crippen MR) is 70.4 cm³/mol. The number of nitrogens with zero attached hydrogens (tertiary/aromatic N) is 2. The van der Waals surface area contributed by atoms with Crippen LogP contribution in [-0.4, -0.2) is 17.0 Å². The van der Waals surface area contributed by atoms with Gasteiger partial charge in [0.2, 0.25) is 0 Å². The summed E-state index contributed by atoms with van der Waals surface area (Å²) >= 11 is 7.58. The Hall–Kier alpha value is -1.10. The summed E-state index contributed by atoms with van der Waals surface area (Å²) in [5.41, 5.74) is 1.20. The standard InChI is InChI=1S/C12H12ClN3S/c1-14-7-9-2-3-10(13)6-11(9)17-12-8-15-4-5-16-12/h2-6,8,14H,7H2,1H3. The average molecular weight is 266 g/mol. The molecule has 3 nitrogen and oxygen atoms in total. The minimum absolute atomic E-state index is 0.733. The molecule has 0 spiro atoms. The van der Waals surface area contributed by atoms with E-state index in [-0.39, 0.29) is 0 Å². The maximum Gasteiger partial charge on any atom is 0.119 e. The maximum absolute atomic E-state index is 6.01. The fourth-order valence-corrected chi connectivity index (χ4v) is 2.56. The van der Waals surface area contributed by atoms with Gasteiger partial charge >= 0.3 is 0 Å². The largest absolute Gasteiger partial charge is 0.316 e. The predicted octanol–water partition coefficient (Wildman–Crippen LogP) is 3.00. The van der Waals surface area contributed by atoms with Gasteiger partial charge in [-0.2, -0.15) is 0 Å². The Balaban J connectivity index is 2.27. The summed E-state index contributed by atoms with van der Waals surface area (Å²) in [5, 5.41) is 4.74. The molecule has 5 heteroatoms. The number of halogens is 1. The van der Waals surface area contributed by atoms with Gasteiger partial charge in [0.1, 0.15) is 5.03 Å². The summed E-state index contributed by atoms with van der Waals surface area (Å²) in [4.78, 5) is 9.39. The van der Waals surface area contributed by atoms with Crippen LogP contribution in [0.2, 0.25) is 5.02 Å². The van der Waals surface area contributed by atoms with Crippen molar-refractivity contribution in [3.63, 3.8) is 0 Å². The first kappa shape index (κ1) is 12.4. The molecule has 0 saturated carbocycles. The lowest BCUT2D eigenvalue weighted by Crippen LogP contribution is -2.06. The molecule has 88 valence electrons. The van der Waals surface area contributed by atoms with Crippen molar-refractivity contribution in [2.45, 2.75) is 16.5 Å². The minimum atomic E-state index is 0.733. The van der Waals surface area contributed by atoms with E-state index in [0.717, 1.165) is 21.5 Å². The molecule has 0 amide bonds. The van der Waals surface area contributed by atoms with Crippen LogP contribution in [0.3, 0.4) is 0 Å². The van der Waals surface area contributed by atoms with Gasteiger partial charge in [0.15, 0.2) is 0 Å². The second kappa shape index (κ2) is 6.00. The first-order chi connectivity index (χ1) is 8.29. The third kappa shape index (κ3) is 3.43. The van der Waals surface area contributed by atoms with Crippen LogP contribution in [0.1, 0.15) is 5.56 Å². The molecule has 0 bridgehead atoms. The molecule has 0 atom stereocenters. The first-order valence-corrected chi connectivity index (χ1v) is 6.36. The zero-order valence-electron chi connectivity index (χ0n) is 9.35. The van der Waals surface area contributed by atoms with Crippen molar-refractivity contribution in [2.24, 2.45) is 0 Å². The van der Waals surface area contributed by atoms with Crippen molar-refractivity contribution in [2.75, 3.05) is 7.05 Å². The van der Waals surface area contributed by atoms with E-state index in [0.29, 0.717) is 0 Å². The van der Waals surface area contributed by atoms with Gasteiger partial charge in [-0.15, -0.1) is 0 Å². The van der Waals surface area contributed by atoms with Crippen molar-refractivity contribution in [3.8, 4) is 0 Å². The molecule has 0 saturated heterocycles. The second-order valence-corrected chi connectivity index (χ2v) is 4.93. The van der Waals surface area contributed by atoms with Gasteiger partial charge in [-0.05, 0) is 24.7 Å². The first-order valence-electron chi connectivity index (χ1n) is 5.16. The Kier molecular flexibility index (Phi) is 4.36. The lowest BCUT2D eigenvalue weighted by molar-refractivity contribution is 0.803.